The van der Waals surface area contributed by atoms with Crippen LogP contribution in [0.2, 0.25) is 0 Å². The number of esters is 1. The van der Waals surface area contributed by atoms with Crippen LogP contribution in [0.4, 0.5) is 34.1 Å². The molecule has 8 heterocycles. The van der Waals surface area contributed by atoms with Crippen LogP contribution < -0.4 is 67.3 Å². The SMILES string of the molecule is CC(C)(c1ccc2c(c1)CN(c1ccccc1)CO2)c1ccc2c(c1)CN(c1ccccc1)CO2.CN1COc2ccc(C(C)(C)c3ccc4c(c3)CN(C)CO4)cc2C1.O=C(OCc1ccc2c(c1)CN(c1ccccc1)CO2)c1ccc2c(c1)CN(c1ccccc1)CO2.c1ccc(N2COc3ccc(Cc4ccc5c(c4)CN(c4ccccc4)CO5)cc3C2)cc1. The predicted molar refractivity (Wildman–Crippen MR) is 510 cm³/mol. The molecule has 0 aromatic heterocycles. The summed E-state index contributed by atoms with van der Waals surface area (Å²) in [5.74, 6) is 7.28. The standard InChI is InChI=1S/C31H30N2O2.C30H26N2O4.C29H26N2O2.C21H26N2O2/c1-31(2,25-13-15-29-23(17-25)19-32(21-34-29)27-9-5-3-6-10-27)26-14-16-30-24(18-26)20-33(22-35-30)28-11-7-4-8-12-28;33-30(23-12-14-29-25(16-23)18-32(21-36-29)27-9-5-2-6-10-27)34-19-22-11-13-28-24(15-22)17-31(20-35-28)26-7-3-1-4-8-26;1-3-7-26(8-4-1)30-18-24-16-22(11-13-28(24)32-20-30)15-23-12-14-29-25(17-23)19-31(21-33-29)27-9-5-2-6-10-27;1-21(2,17-5-7-19-15(9-17)11-22(3)13-24-19)18-6-8-20-16(10-18)12-23(4)14-25-20/h3-18H,19-22H2,1-2H3;1-16H,17-21H2;1-14,16-17H,15,18-21H2;5-10H,11-14H2,1-4H3. The third kappa shape index (κ3) is 19.3. The molecule has 22 rings (SSSR count). The zero-order chi connectivity index (χ0) is 87.8. The van der Waals surface area contributed by atoms with Gasteiger partial charge in [0.2, 0.25) is 0 Å². The van der Waals surface area contributed by atoms with E-state index in [1.54, 1.807) is 6.07 Å². The van der Waals surface area contributed by atoms with Crippen LogP contribution in [0.1, 0.15) is 122 Å². The van der Waals surface area contributed by atoms with Crippen molar-refractivity contribution in [3.8, 4) is 46.0 Å². The Balaban J connectivity index is 0.000000113. The Labute approximate surface area is 756 Å². The van der Waals surface area contributed by atoms with E-state index in [-0.39, 0.29) is 23.4 Å². The second-order valence-electron chi connectivity index (χ2n) is 35.4. The first-order valence-corrected chi connectivity index (χ1v) is 44.4. The van der Waals surface area contributed by atoms with Crippen molar-refractivity contribution in [2.75, 3.05) is 97.3 Å². The van der Waals surface area contributed by atoms with Gasteiger partial charge in [0, 0.05) is 142 Å². The number of anilines is 6. The summed E-state index contributed by atoms with van der Waals surface area (Å²) in [4.78, 5) is 30.6. The molecule has 8 aliphatic heterocycles. The lowest BCUT2D eigenvalue weighted by atomic mass is 9.77. The van der Waals surface area contributed by atoms with E-state index in [1.807, 2.05) is 84.9 Å². The average molecular weight is 1710 g/mol. The number of benzene rings is 14. The van der Waals surface area contributed by atoms with Crippen LogP contribution in [0.25, 0.3) is 0 Å². The Morgan fingerprint density at radius 3 is 0.767 bits per heavy atom. The molecule has 14 aromatic carbocycles. The number of para-hydroxylation sites is 6. The highest BCUT2D eigenvalue weighted by Crippen LogP contribution is 2.43. The van der Waals surface area contributed by atoms with E-state index in [2.05, 4.69) is 318 Å². The maximum absolute atomic E-state index is 12.9. The van der Waals surface area contributed by atoms with E-state index >= 15 is 0 Å². The van der Waals surface area contributed by atoms with Gasteiger partial charge in [0.1, 0.15) is 66.1 Å². The van der Waals surface area contributed by atoms with Crippen LogP contribution in [0.15, 0.2) is 328 Å². The van der Waals surface area contributed by atoms with Gasteiger partial charge in [0.05, 0.1) is 5.56 Å². The molecule has 0 spiro atoms. The summed E-state index contributed by atoms with van der Waals surface area (Å²) in [6.45, 7) is 20.7. The number of rotatable bonds is 15. The van der Waals surface area contributed by atoms with Crippen LogP contribution in [0, 0.1) is 0 Å². The lowest BCUT2D eigenvalue weighted by Gasteiger charge is -2.34. The fourth-order valence-electron chi connectivity index (χ4n) is 18.0. The quantitative estimate of drug-likeness (QED) is 0.0903. The molecule has 18 heteroatoms. The number of hydrogen-bond acceptors (Lipinski definition) is 18. The van der Waals surface area contributed by atoms with Crippen LogP contribution in [-0.2, 0) is 81.0 Å². The van der Waals surface area contributed by atoms with Gasteiger partial charge in [-0.05, 0) is 235 Å². The largest absolute Gasteiger partial charge is 0.478 e. The third-order valence-corrected chi connectivity index (χ3v) is 25.5. The minimum Gasteiger partial charge on any atom is -0.478 e. The highest BCUT2D eigenvalue weighted by molar-refractivity contribution is 5.90. The van der Waals surface area contributed by atoms with Crippen LogP contribution >= 0.6 is 0 Å². The maximum Gasteiger partial charge on any atom is 0.338 e. The molecule has 129 heavy (non-hydrogen) atoms. The number of carbonyl (C=O) groups is 1. The van der Waals surface area contributed by atoms with Crippen molar-refractivity contribution >= 4 is 40.1 Å². The summed E-state index contributed by atoms with van der Waals surface area (Å²) in [6.07, 6.45) is 0.886. The van der Waals surface area contributed by atoms with Crippen LogP contribution in [0.5, 0.6) is 46.0 Å². The molecule has 0 saturated heterocycles. The molecular formula is C111H108N8O10. The molecule has 0 amide bonds. The van der Waals surface area contributed by atoms with E-state index in [0.717, 1.165) is 126 Å². The molecule has 14 aromatic rings. The molecule has 652 valence electrons. The Hall–Kier alpha value is -14.3. The summed E-state index contributed by atoms with van der Waals surface area (Å²) in [7, 11) is 4.17. The first-order chi connectivity index (χ1) is 63.0. The predicted octanol–water partition coefficient (Wildman–Crippen LogP) is 22.0. The number of nitrogens with zero attached hydrogens (tertiary/aromatic N) is 8. The summed E-state index contributed by atoms with van der Waals surface area (Å²) in [5, 5.41) is 0. The fourth-order valence-corrected chi connectivity index (χ4v) is 18.0. The van der Waals surface area contributed by atoms with Crippen molar-refractivity contribution in [1.29, 1.82) is 0 Å². The van der Waals surface area contributed by atoms with Crippen LogP contribution in [-0.4, -0.2) is 83.7 Å². The van der Waals surface area contributed by atoms with Crippen molar-refractivity contribution in [3.63, 3.8) is 0 Å². The molecule has 8 aliphatic rings. The minimum absolute atomic E-state index is 0.0733. The van der Waals surface area contributed by atoms with Gasteiger partial charge in [-0.3, -0.25) is 9.80 Å². The van der Waals surface area contributed by atoms with Crippen molar-refractivity contribution in [2.45, 2.75) is 104 Å². The van der Waals surface area contributed by atoms with E-state index in [9.17, 15) is 4.79 Å². The van der Waals surface area contributed by atoms with Gasteiger partial charge in [-0.1, -0.05) is 179 Å². The molecular weight excluding hydrogens is 1610 g/mol. The van der Waals surface area contributed by atoms with E-state index < -0.39 is 0 Å². The number of hydrogen-bond donors (Lipinski definition) is 0. The first-order valence-electron chi connectivity index (χ1n) is 44.4. The number of carbonyl (C=O) groups excluding carboxylic acids is 1. The Morgan fingerprint density at radius 2 is 0.481 bits per heavy atom. The zero-order valence-electron chi connectivity index (χ0n) is 74.1. The molecule has 0 fully saturated rings. The zero-order valence-corrected chi connectivity index (χ0v) is 74.1. The van der Waals surface area contributed by atoms with E-state index in [1.165, 1.54) is 89.5 Å². The fraction of sp³-hybridized carbons (Fsp3) is 0.234. The van der Waals surface area contributed by atoms with Crippen molar-refractivity contribution < 1.29 is 47.4 Å². The van der Waals surface area contributed by atoms with Crippen LogP contribution in [0.3, 0.4) is 0 Å². The van der Waals surface area contributed by atoms with Gasteiger partial charge in [-0.2, -0.15) is 0 Å². The normalized spacial score (nSPS) is 15.3. The second-order valence-corrected chi connectivity index (χ2v) is 35.4. The van der Waals surface area contributed by atoms with Gasteiger partial charge in [0.15, 0.2) is 40.4 Å². The van der Waals surface area contributed by atoms with Crippen molar-refractivity contribution in [1.82, 2.24) is 9.80 Å². The average Bonchev–Trinajstić information content (AvgIpc) is 0.772. The second kappa shape index (κ2) is 37.7. The molecule has 0 bridgehead atoms. The molecule has 0 aliphatic carbocycles. The van der Waals surface area contributed by atoms with Crippen molar-refractivity contribution in [3.05, 3.63) is 417 Å². The van der Waals surface area contributed by atoms with Crippen molar-refractivity contribution in [2.24, 2.45) is 0 Å². The highest BCUT2D eigenvalue weighted by Gasteiger charge is 2.33. The summed E-state index contributed by atoms with van der Waals surface area (Å²) >= 11 is 0. The van der Waals surface area contributed by atoms with Gasteiger partial charge in [-0.15, -0.1) is 0 Å². The van der Waals surface area contributed by atoms with E-state index in [0.29, 0.717) is 66.0 Å². The maximum atomic E-state index is 12.9. The lowest BCUT2D eigenvalue weighted by molar-refractivity contribution is 0.0472. The monoisotopic (exact) mass is 1710 g/mol. The Morgan fingerprint density at radius 1 is 0.256 bits per heavy atom. The summed E-state index contributed by atoms with van der Waals surface area (Å²) in [5.41, 5.74) is 25.4. The third-order valence-electron chi connectivity index (χ3n) is 25.5. The Kier molecular flexibility index (Phi) is 24.6. The highest BCUT2D eigenvalue weighted by atomic mass is 16.5. The molecule has 0 unspecified atom stereocenters. The van der Waals surface area contributed by atoms with Gasteiger partial charge < -0.3 is 72.0 Å². The molecule has 0 saturated carbocycles. The molecule has 0 N–H and O–H groups in total. The molecule has 0 atom stereocenters. The summed E-state index contributed by atoms with van der Waals surface area (Å²) in [6, 6.07) is 113. The van der Waals surface area contributed by atoms with E-state index in [4.69, 9.17) is 42.6 Å². The number of fused-ring (bicyclic) bond motifs is 8. The summed E-state index contributed by atoms with van der Waals surface area (Å²) < 4.78 is 53.4. The molecule has 18 nitrogen and oxygen atoms in total. The Bertz CT molecular complexity index is 6000. The van der Waals surface area contributed by atoms with Gasteiger partial charge in [-0.25, -0.2) is 4.79 Å². The van der Waals surface area contributed by atoms with Gasteiger partial charge in [0.25, 0.3) is 0 Å². The topological polar surface area (TPSA) is 126 Å². The first kappa shape index (κ1) is 84.2. The molecule has 0 radical (unpaired) electrons. The number of ether oxygens (including phenoxy) is 9. The smallest absolute Gasteiger partial charge is 0.338 e. The lowest BCUT2D eigenvalue weighted by Crippen LogP contribution is -2.32. The minimum atomic E-state index is -0.352. The van der Waals surface area contributed by atoms with Gasteiger partial charge >= 0.3 is 5.97 Å².